The molecule has 100 valence electrons. The van der Waals surface area contributed by atoms with Crippen LogP contribution in [0.3, 0.4) is 0 Å². The van der Waals surface area contributed by atoms with Crippen LogP contribution < -0.4 is 5.32 Å². The van der Waals surface area contributed by atoms with Gasteiger partial charge in [0, 0.05) is 13.1 Å². The smallest absolute Gasteiger partial charge is 0.0230 e. The lowest BCUT2D eigenvalue weighted by atomic mass is 9.97. The van der Waals surface area contributed by atoms with Gasteiger partial charge in [0.15, 0.2) is 0 Å². The van der Waals surface area contributed by atoms with Crippen LogP contribution in [0.4, 0.5) is 0 Å². The lowest BCUT2D eigenvalue weighted by molar-refractivity contribution is 0.234. The maximum absolute atomic E-state index is 3.43. The highest BCUT2D eigenvalue weighted by molar-refractivity contribution is 5.29. The van der Waals surface area contributed by atoms with Crippen LogP contribution in [0, 0.1) is 19.8 Å². The molecule has 0 aliphatic carbocycles. The third-order valence-corrected chi connectivity index (χ3v) is 4.05. The van der Waals surface area contributed by atoms with E-state index in [1.807, 2.05) is 0 Å². The van der Waals surface area contributed by atoms with Gasteiger partial charge in [-0.2, -0.15) is 0 Å². The van der Waals surface area contributed by atoms with Crippen LogP contribution in [0.25, 0.3) is 0 Å². The first-order valence-corrected chi connectivity index (χ1v) is 7.10. The van der Waals surface area contributed by atoms with Crippen molar-refractivity contribution in [3.63, 3.8) is 0 Å². The number of benzene rings is 1. The van der Waals surface area contributed by atoms with Crippen molar-refractivity contribution >= 4 is 0 Å². The zero-order valence-corrected chi connectivity index (χ0v) is 12.0. The first-order valence-electron chi connectivity index (χ1n) is 7.10. The molecular formula is C16H26N2. The van der Waals surface area contributed by atoms with E-state index in [0.29, 0.717) is 0 Å². The van der Waals surface area contributed by atoms with Crippen LogP contribution in [0.15, 0.2) is 18.2 Å². The van der Waals surface area contributed by atoms with Gasteiger partial charge in [-0.25, -0.2) is 0 Å². The molecule has 0 saturated carbocycles. The molecule has 18 heavy (non-hydrogen) atoms. The van der Waals surface area contributed by atoms with Gasteiger partial charge in [-0.3, -0.25) is 0 Å². The van der Waals surface area contributed by atoms with Gasteiger partial charge >= 0.3 is 0 Å². The van der Waals surface area contributed by atoms with Gasteiger partial charge in [0.2, 0.25) is 0 Å². The number of nitrogens with one attached hydrogen (secondary N) is 1. The highest BCUT2D eigenvalue weighted by Crippen LogP contribution is 2.15. The molecule has 1 fully saturated rings. The first-order chi connectivity index (χ1) is 8.65. The lowest BCUT2D eigenvalue weighted by Gasteiger charge is -2.27. The largest absolute Gasteiger partial charge is 0.317 e. The van der Waals surface area contributed by atoms with Gasteiger partial charge in [0.1, 0.15) is 0 Å². The van der Waals surface area contributed by atoms with Crippen LogP contribution in [0.2, 0.25) is 0 Å². The minimum Gasteiger partial charge on any atom is -0.317 e. The third kappa shape index (κ3) is 3.82. The fraction of sp³-hybridized carbons (Fsp3) is 0.625. The predicted octanol–water partition coefficient (Wildman–Crippen LogP) is 2.73. The summed E-state index contributed by atoms with van der Waals surface area (Å²) in [6.07, 6.45) is 2.66. The number of hydrogen-bond acceptors (Lipinski definition) is 2. The Bertz CT molecular complexity index is 381. The van der Waals surface area contributed by atoms with Crippen molar-refractivity contribution in [1.29, 1.82) is 0 Å². The molecule has 1 N–H and O–H groups in total. The summed E-state index contributed by atoms with van der Waals surface area (Å²) in [5.41, 5.74) is 4.23. The highest BCUT2D eigenvalue weighted by Gasteiger charge is 2.15. The average molecular weight is 246 g/mol. The second kappa shape index (κ2) is 6.35. The van der Waals surface area contributed by atoms with E-state index in [4.69, 9.17) is 0 Å². The Hall–Kier alpha value is -0.860. The number of hydrogen-bond donors (Lipinski definition) is 1. The third-order valence-electron chi connectivity index (χ3n) is 4.05. The maximum Gasteiger partial charge on any atom is 0.0230 e. The summed E-state index contributed by atoms with van der Waals surface area (Å²) in [6, 6.07) is 6.83. The quantitative estimate of drug-likeness (QED) is 0.879. The second-order valence-electron chi connectivity index (χ2n) is 5.81. The summed E-state index contributed by atoms with van der Waals surface area (Å²) in [5.74, 6) is 0.878. The zero-order chi connectivity index (χ0) is 13.0. The van der Waals surface area contributed by atoms with Crippen molar-refractivity contribution in [3.8, 4) is 0 Å². The minimum absolute atomic E-state index is 0.878. The van der Waals surface area contributed by atoms with Crippen LogP contribution in [0.1, 0.15) is 29.5 Å². The summed E-state index contributed by atoms with van der Waals surface area (Å²) >= 11 is 0. The number of aryl methyl sites for hydroxylation is 2. The molecule has 0 bridgehead atoms. The second-order valence-corrected chi connectivity index (χ2v) is 5.81. The Morgan fingerprint density at radius 3 is 2.56 bits per heavy atom. The summed E-state index contributed by atoms with van der Waals surface area (Å²) < 4.78 is 0. The number of nitrogens with zero attached hydrogens (tertiary/aromatic N) is 1. The standard InChI is InChI=1S/C16H26N2/c1-13-4-5-16(10-14(13)2)12-18(3)11-15-6-8-17-9-7-15/h4-5,10,15,17H,6-9,11-12H2,1-3H3. The van der Waals surface area contributed by atoms with Crippen molar-refractivity contribution < 1.29 is 0 Å². The predicted molar refractivity (Wildman–Crippen MR) is 77.8 cm³/mol. The summed E-state index contributed by atoms with van der Waals surface area (Å²) in [4.78, 5) is 2.47. The molecule has 0 amide bonds. The Kier molecular flexibility index (Phi) is 4.79. The Labute approximate surface area is 111 Å². The number of rotatable bonds is 4. The zero-order valence-electron chi connectivity index (χ0n) is 12.0. The van der Waals surface area contributed by atoms with E-state index in [2.05, 4.69) is 49.3 Å². The van der Waals surface area contributed by atoms with Gasteiger partial charge in [0.25, 0.3) is 0 Å². The lowest BCUT2D eigenvalue weighted by Crippen LogP contribution is -2.34. The fourth-order valence-corrected chi connectivity index (χ4v) is 2.78. The molecule has 2 rings (SSSR count). The molecule has 1 aromatic rings. The van der Waals surface area contributed by atoms with E-state index in [1.165, 1.54) is 49.2 Å². The van der Waals surface area contributed by atoms with Crippen molar-refractivity contribution in [2.24, 2.45) is 5.92 Å². The molecule has 2 heteroatoms. The normalized spacial score (nSPS) is 17.3. The molecule has 1 heterocycles. The SMILES string of the molecule is Cc1ccc(CN(C)CC2CCNCC2)cc1C. The van der Waals surface area contributed by atoms with Crippen molar-refractivity contribution in [1.82, 2.24) is 10.2 Å². The van der Waals surface area contributed by atoms with E-state index in [1.54, 1.807) is 0 Å². The fourth-order valence-electron chi connectivity index (χ4n) is 2.78. The van der Waals surface area contributed by atoms with E-state index in [0.717, 1.165) is 12.5 Å². The topological polar surface area (TPSA) is 15.3 Å². The average Bonchev–Trinajstić information content (AvgIpc) is 2.35. The summed E-state index contributed by atoms with van der Waals surface area (Å²) in [7, 11) is 2.25. The molecule has 1 saturated heterocycles. The molecule has 0 spiro atoms. The van der Waals surface area contributed by atoms with Crippen LogP contribution in [-0.4, -0.2) is 31.6 Å². The van der Waals surface area contributed by atoms with Gasteiger partial charge < -0.3 is 10.2 Å². The van der Waals surface area contributed by atoms with Crippen molar-refractivity contribution in [2.45, 2.75) is 33.2 Å². The van der Waals surface area contributed by atoms with Gasteiger partial charge in [-0.05, 0) is 69.4 Å². The molecule has 2 nitrogen and oxygen atoms in total. The van der Waals surface area contributed by atoms with Crippen molar-refractivity contribution in [3.05, 3.63) is 34.9 Å². The Morgan fingerprint density at radius 1 is 1.17 bits per heavy atom. The van der Waals surface area contributed by atoms with Gasteiger partial charge in [-0.1, -0.05) is 18.2 Å². The molecule has 0 radical (unpaired) electrons. The Balaban J connectivity index is 1.85. The highest BCUT2D eigenvalue weighted by atomic mass is 15.1. The molecule has 1 aliphatic heterocycles. The molecule has 0 aromatic heterocycles. The minimum atomic E-state index is 0.878. The molecule has 0 atom stereocenters. The monoisotopic (exact) mass is 246 g/mol. The van der Waals surface area contributed by atoms with E-state index < -0.39 is 0 Å². The molecular weight excluding hydrogens is 220 g/mol. The van der Waals surface area contributed by atoms with Crippen LogP contribution in [0.5, 0.6) is 0 Å². The van der Waals surface area contributed by atoms with Gasteiger partial charge in [0.05, 0.1) is 0 Å². The van der Waals surface area contributed by atoms with E-state index in [-0.39, 0.29) is 0 Å². The van der Waals surface area contributed by atoms with E-state index in [9.17, 15) is 0 Å². The summed E-state index contributed by atoms with van der Waals surface area (Å²) in [6.45, 7) is 9.08. The number of piperidine rings is 1. The molecule has 1 aromatic carbocycles. The van der Waals surface area contributed by atoms with Crippen LogP contribution >= 0.6 is 0 Å². The first kappa shape index (κ1) is 13.6. The van der Waals surface area contributed by atoms with E-state index >= 15 is 0 Å². The summed E-state index contributed by atoms with van der Waals surface area (Å²) in [5, 5.41) is 3.43. The molecule has 1 aliphatic rings. The van der Waals surface area contributed by atoms with Crippen LogP contribution in [-0.2, 0) is 6.54 Å². The Morgan fingerprint density at radius 2 is 1.89 bits per heavy atom. The maximum atomic E-state index is 3.43. The van der Waals surface area contributed by atoms with Crippen molar-refractivity contribution in [2.75, 3.05) is 26.7 Å². The molecule has 0 unspecified atom stereocenters. The van der Waals surface area contributed by atoms with Gasteiger partial charge in [-0.15, -0.1) is 0 Å².